The summed E-state index contributed by atoms with van der Waals surface area (Å²) in [7, 11) is 0. The maximum absolute atomic E-state index is 10.9. The maximum atomic E-state index is 10.9. The Morgan fingerprint density at radius 3 is 2.42 bits per heavy atom. The lowest BCUT2D eigenvalue weighted by molar-refractivity contribution is 0.0695. The van der Waals surface area contributed by atoms with Crippen molar-refractivity contribution in [2.45, 2.75) is 33.6 Å². The highest BCUT2D eigenvalue weighted by Gasteiger charge is 2.25. The zero-order chi connectivity index (χ0) is 14.5. The van der Waals surface area contributed by atoms with Crippen molar-refractivity contribution in [3.05, 3.63) is 23.4 Å². The largest absolute Gasteiger partial charge is 0.478 e. The fourth-order valence-corrected chi connectivity index (χ4v) is 1.94. The number of rotatable bonds is 7. The van der Waals surface area contributed by atoms with E-state index in [-0.39, 0.29) is 17.6 Å². The van der Waals surface area contributed by atoms with Gasteiger partial charge in [0.15, 0.2) is 0 Å². The van der Waals surface area contributed by atoms with Crippen molar-refractivity contribution in [1.29, 1.82) is 0 Å². The van der Waals surface area contributed by atoms with Crippen LogP contribution in [0.4, 0.5) is 5.82 Å². The third kappa shape index (κ3) is 3.67. The van der Waals surface area contributed by atoms with Crippen LogP contribution in [0.15, 0.2) is 12.1 Å². The van der Waals surface area contributed by atoms with Gasteiger partial charge in [0.2, 0.25) is 0 Å². The van der Waals surface area contributed by atoms with Gasteiger partial charge in [-0.2, -0.15) is 0 Å². The van der Waals surface area contributed by atoms with E-state index in [2.05, 4.69) is 10.3 Å². The van der Waals surface area contributed by atoms with Crippen molar-refractivity contribution >= 4 is 11.8 Å². The molecule has 1 rings (SSSR count). The molecule has 0 saturated carbocycles. The van der Waals surface area contributed by atoms with Crippen LogP contribution >= 0.6 is 0 Å². The molecule has 0 aliphatic carbocycles. The van der Waals surface area contributed by atoms with E-state index in [1.165, 1.54) is 0 Å². The minimum Gasteiger partial charge on any atom is -0.478 e. The summed E-state index contributed by atoms with van der Waals surface area (Å²) < 4.78 is 0. The molecule has 0 unspecified atom stereocenters. The lowest BCUT2D eigenvalue weighted by atomic mass is 9.83. The van der Waals surface area contributed by atoms with Gasteiger partial charge >= 0.3 is 5.97 Å². The number of hydrogen-bond donors (Lipinski definition) is 3. The number of carbonyl (C=O) groups is 1. The molecule has 1 aromatic rings. The topological polar surface area (TPSA) is 82.5 Å². The number of carboxylic acid groups (broad SMARTS) is 1. The Morgan fingerprint density at radius 2 is 2.00 bits per heavy atom. The number of anilines is 1. The first-order valence-electron chi connectivity index (χ1n) is 6.53. The molecule has 0 bridgehead atoms. The second-order valence-electron chi connectivity index (χ2n) is 4.85. The average Bonchev–Trinajstić information content (AvgIpc) is 2.40. The smallest absolute Gasteiger partial charge is 0.337 e. The van der Waals surface area contributed by atoms with Gasteiger partial charge in [0.05, 0.1) is 17.9 Å². The molecule has 0 radical (unpaired) electrons. The molecule has 3 N–H and O–H groups in total. The van der Waals surface area contributed by atoms with Crippen LogP contribution in [0.1, 0.15) is 42.7 Å². The normalized spacial score (nSPS) is 11.4. The van der Waals surface area contributed by atoms with Gasteiger partial charge in [-0.05, 0) is 31.9 Å². The van der Waals surface area contributed by atoms with Crippen LogP contribution in [0.25, 0.3) is 0 Å². The number of carboxylic acids is 1. The summed E-state index contributed by atoms with van der Waals surface area (Å²) in [4.78, 5) is 15.1. The van der Waals surface area contributed by atoms with Crippen LogP contribution in [0, 0.1) is 12.3 Å². The van der Waals surface area contributed by atoms with E-state index < -0.39 is 5.97 Å². The Morgan fingerprint density at radius 1 is 1.37 bits per heavy atom. The minimum atomic E-state index is -0.969. The summed E-state index contributed by atoms with van der Waals surface area (Å²) in [5, 5.41) is 21.6. The summed E-state index contributed by atoms with van der Waals surface area (Å²) in [5.41, 5.74) is 0.547. The Bertz CT molecular complexity index is 434. The van der Waals surface area contributed by atoms with E-state index >= 15 is 0 Å². The van der Waals surface area contributed by atoms with Crippen molar-refractivity contribution in [3.8, 4) is 0 Å². The predicted octanol–water partition coefficient (Wildman–Crippen LogP) is 2.30. The molecular weight excluding hydrogens is 244 g/mol. The highest BCUT2D eigenvalue weighted by atomic mass is 16.4. The molecule has 106 valence electrons. The predicted molar refractivity (Wildman–Crippen MR) is 74.5 cm³/mol. The van der Waals surface area contributed by atoms with Crippen LogP contribution in [-0.2, 0) is 0 Å². The highest BCUT2D eigenvalue weighted by Crippen LogP contribution is 2.26. The van der Waals surface area contributed by atoms with Gasteiger partial charge in [-0.3, -0.25) is 0 Å². The molecule has 0 aromatic carbocycles. The number of aromatic carboxylic acids is 1. The first-order valence-corrected chi connectivity index (χ1v) is 6.53. The van der Waals surface area contributed by atoms with Crippen LogP contribution in [0.3, 0.4) is 0 Å². The van der Waals surface area contributed by atoms with E-state index in [1.807, 2.05) is 13.8 Å². The third-order valence-electron chi connectivity index (χ3n) is 3.80. The lowest BCUT2D eigenvalue weighted by Gasteiger charge is -2.29. The number of aliphatic hydroxyl groups excluding tert-OH is 1. The minimum absolute atomic E-state index is 0.124. The van der Waals surface area contributed by atoms with Gasteiger partial charge in [-0.1, -0.05) is 13.8 Å². The lowest BCUT2D eigenvalue weighted by Crippen LogP contribution is -2.32. The van der Waals surface area contributed by atoms with E-state index in [0.717, 1.165) is 12.8 Å². The van der Waals surface area contributed by atoms with Gasteiger partial charge in [-0.25, -0.2) is 9.78 Å². The first kappa shape index (κ1) is 15.4. The van der Waals surface area contributed by atoms with E-state index in [9.17, 15) is 9.90 Å². The molecule has 0 aliphatic heterocycles. The molecule has 5 nitrogen and oxygen atoms in total. The Kier molecular flexibility index (Phi) is 5.30. The number of aliphatic hydroxyl groups is 1. The van der Waals surface area contributed by atoms with Crippen molar-refractivity contribution in [2.75, 3.05) is 18.5 Å². The summed E-state index contributed by atoms with van der Waals surface area (Å²) in [6, 6.07) is 3.20. The van der Waals surface area contributed by atoms with Crippen LogP contribution in [0.2, 0.25) is 0 Å². The van der Waals surface area contributed by atoms with E-state index in [1.54, 1.807) is 19.1 Å². The van der Waals surface area contributed by atoms with Crippen LogP contribution < -0.4 is 5.32 Å². The SMILES string of the molecule is CCC(CC)(CO)CNc1ccc(C(=O)O)c(C)n1. The molecule has 0 saturated heterocycles. The summed E-state index contributed by atoms with van der Waals surface area (Å²) in [6.45, 7) is 6.52. The average molecular weight is 266 g/mol. The molecular formula is C14H22N2O3. The molecule has 0 atom stereocenters. The number of aryl methyl sites for hydroxylation is 1. The molecule has 1 heterocycles. The number of nitrogens with one attached hydrogen (secondary N) is 1. The van der Waals surface area contributed by atoms with Gasteiger partial charge in [-0.15, -0.1) is 0 Å². The van der Waals surface area contributed by atoms with Crippen LogP contribution in [0.5, 0.6) is 0 Å². The molecule has 0 aliphatic rings. The van der Waals surface area contributed by atoms with Crippen molar-refractivity contribution in [3.63, 3.8) is 0 Å². The summed E-state index contributed by atoms with van der Waals surface area (Å²) in [5.74, 6) is -0.328. The standard InChI is InChI=1S/C14H22N2O3/c1-4-14(5-2,9-17)8-15-12-7-6-11(13(18)19)10(3)16-12/h6-7,17H,4-5,8-9H2,1-3H3,(H,15,16)(H,18,19). The molecule has 0 fully saturated rings. The van der Waals surface area contributed by atoms with Crippen molar-refractivity contribution in [2.24, 2.45) is 5.41 Å². The molecule has 19 heavy (non-hydrogen) atoms. The van der Waals surface area contributed by atoms with E-state index in [4.69, 9.17) is 5.11 Å². The summed E-state index contributed by atoms with van der Waals surface area (Å²) >= 11 is 0. The van der Waals surface area contributed by atoms with Gasteiger partial charge in [0.1, 0.15) is 5.82 Å². The Balaban J connectivity index is 2.78. The molecule has 5 heteroatoms. The summed E-state index contributed by atoms with van der Waals surface area (Å²) in [6.07, 6.45) is 1.75. The van der Waals surface area contributed by atoms with Crippen molar-refractivity contribution < 1.29 is 15.0 Å². The Labute approximate surface area is 113 Å². The molecule has 0 amide bonds. The highest BCUT2D eigenvalue weighted by molar-refractivity contribution is 5.89. The second-order valence-corrected chi connectivity index (χ2v) is 4.85. The van der Waals surface area contributed by atoms with Gasteiger partial charge in [0.25, 0.3) is 0 Å². The number of nitrogens with zero attached hydrogens (tertiary/aromatic N) is 1. The monoisotopic (exact) mass is 266 g/mol. The second kappa shape index (κ2) is 6.52. The zero-order valence-corrected chi connectivity index (χ0v) is 11.7. The zero-order valence-electron chi connectivity index (χ0n) is 11.7. The fraction of sp³-hybridized carbons (Fsp3) is 0.571. The first-order chi connectivity index (χ1) is 8.98. The number of aromatic nitrogens is 1. The molecule has 0 spiro atoms. The third-order valence-corrected chi connectivity index (χ3v) is 3.80. The maximum Gasteiger partial charge on any atom is 0.337 e. The van der Waals surface area contributed by atoms with Crippen LogP contribution in [-0.4, -0.2) is 34.3 Å². The van der Waals surface area contributed by atoms with E-state index in [0.29, 0.717) is 18.1 Å². The van der Waals surface area contributed by atoms with Crippen molar-refractivity contribution in [1.82, 2.24) is 4.98 Å². The Hall–Kier alpha value is -1.62. The fourth-order valence-electron chi connectivity index (χ4n) is 1.94. The quantitative estimate of drug-likeness (QED) is 0.705. The van der Waals surface area contributed by atoms with Gasteiger partial charge in [0, 0.05) is 12.0 Å². The van der Waals surface area contributed by atoms with Gasteiger partial charge < -0.3 is 15.5 Å². The number of hydrogen-bond acceptors (Lipinski definition) is 4. The molecule has 1 aromatic heterocycles. The number of pyridine rings is 1.